The Kier molecular flexibility index (Phi) is 4.72. The van der Waals surface area contributed by atoms with Gasteiger partial charge in [0.15, 0.2) is 11.5 Å². The number of piperidine rings is 1. The Morgan fingerprint density at radius 1 is 1.33 bits per heavy atom. The molecule has 5 heteroatoms. The second-order valence-electron chi connectivity index (χ2n) is 6.03. The number of rotatable bonds is 3. The van der Waals surface area contributed by atoms with Gasteiger partial charge in [-0.15, -0.1) is 0 Å². The van der Waals surface area contributed by atoms with Gasteiger partial charge in [-0.25, -0.2) is 0 Å². The van der Waals surface area contributed by atoms with E-state index in [1.54, 1.807) is 0 Å². The van der Waals surface area contributed by atoms with Gasteiger partial charge in [0.25, 0.3) is 0 Å². The Hall–Kier alpha value is -0.780. The Bertz CT molecular complexity index is 509. The minimum absolute atomic E-state index is 0.600. The van der Waals surface area contributed by atoms with Crippen LogP contribution in [0.3, 0.4) is 0 Å². The minimum atomic E-state index is 0.600. The highest BCUT2D eigenvalue weighted by molar-refractivity contribution is 9.10. The Morgan fingerprint density at radius 2 is 2.14 bits per heavy atom. The first-order valence-corrected chi connectivity index (χ1v) is 8.44. The summed E-state index contributed by atoms with van der Waals surface area (Å²) in [5.41, 5.74) is 1.23. The molecule has 0 aromatic heterocycles. The Morgan fingerprint density at radius 3 is 2.95 bits per heavy atom. The number of hydrogen-bond acceptors (Lipinski definition) is 4. The molecule has 1 N–H and O–H groups in total. The third kappa shape index (κ3) is 3.52. The highest BCUT2D eigenvalue weighted by atomic mass is 79.9. The van der Waals surface area contributed by atoms with Crippen molar-refractivity contribution < 1.29 is 9.47 Å². The second kappa shape index (κ2) is 6.55. The lowest BCUT2D eigenvalue weighted by molar-refractivity contribution is 0.167. The van der Waals surface area contributed by atoms with Gasteiger partial charge in [0, 0.05) is 18.6 Å². The van der Waals surface area contributed by atoms with Crippen LogP contribution in [0.15, 0.2) is 16.6 Å². The fourth-order valence-corrected chi connectivity index (χ4v) is 3.61. The third-order valence-electron chi connectivity index (χ3n) is 4.46. The number of nitrogens with zero attached hydrogens (tertiary/aromatic N) is 1. The van der Waals surface area contributed by atoms with E-state index in [2.05, 4.69) is 52.3 Å². The van der Waals surface area contributed by atoms with Crippen LogP contribution in [-0.2, 0) is 6.54 Å². The predicted octanol–water partition coefficient (Wildman–Crippen LogP) is 2.79. The zero-order valence-electron chi connectivity index (χ0n) is 12.7. The molecule has 2 atom stereocenters. The number of halogens is 1. The number of fused-ring (bicyclic) bond motifs is 1. The lowest BCUT2D eigenvalue weighted by atomic mass is 9.98. The van der Waals surface area contributed by atoms with E-state index in [1.807, 2.05) is 0 Å². The molecule has 0 saturated carbocycles. The van der Waals surface area contributed by atoms with E-state index in [0.717, 1.165) is 22.5 Å². The lowest BCUT2D eigenvalue weighted by Crippen LogP contribution is -2.45. The number of likely N-dealkylation sites (tertiary alicyclic amines) is 1. The van der Waals surface area contributed by atoms with Crippen molar-refractivity contribution in [1.29, 1.82) is 0 Å². The molecule has 0 radical (unpaired) electrons. The molecular formula is C16H23BrN2O2. The van der Waals surface area contributed by atoms with E-state index in [9.17, 15) is 0 Å². The summed E-state index contributed by atoms with van der Waals surface area (Å²) < 4.78 is 12.3. The molecular weight excluding hydrogens is 332 g/mol. The number of ether oxygens (including phenoxy) is 2. The topological polar surface area (TPSA) is 33.7 Å². The maximum Gasteiger partial charge on any atom is 0.175 e. The van der Waals surface area contributed by atoms with Crippen molar-refractivity contribution in [1.82, 2.24) is 10.2 Å². The van der Waals surface area contributed by atoms with Crippen LogP contribution in [0.5, 0.6) is 11.5 Å². The molecule has 0 aliphatic carbocycles. The maximum atomic E-state index is 5.68. The molecule has 21 heavy (non-hydrogen) atoms. The monoisotopic (exact) mass is 354 g/mol. The van der Waals surface area contributed by atoms with Crippen molar-refractivity contribution in [2.45, 2.75) is 38.4 Å². The normalized spacial score (nSPS) is 25.9. The van der Waals surface area contributed by atoms with E-state index in [4.69, 9.17) is 9.47 Å². The fourth-order valence-electron chi connectivity index (χ4n) is 3.00. The zero-order valence-corrected chi connectivity index (χ0v) is 14.3. The quantitative estimate of drug-likeness (QED) is 0.904. The van der Waals surface area contributed by atoms with E-state index in [0.29, 0.717) is 25.3 Å². The average Bonchev–Trinajstić information content (AvgIpc) is 2.49. The van der Waals surface area contributed by atoms with Crippen LogP contribution in [0, 0.1) is 0 Å². The van der Waals surface area contributed by atoms with Crippen molar-refractivity contribution in [3.8, 4) is 11.5 Å². The molecule has 2 heterocycles. The molecule has 2 unspecified atom stereocenters. The molecule has 1 aromatic carbocycles. The smallest absolute Gasteiger partial charge is 0.175 e. The molecule has 1 aromatic rings. The van der Waals surface area contributed by atoms with Crippen molar-refractivity contribution >= 4 is 15.9 Å². The predicted molar refractivity (Wildman–Crippen MR) is 87.1 cm³/mol. The minimum Gasteiger partial charge on any atom is -0.486 e. The van der Waals surface area contributed by atoms with Crippen molar-refractivity contribution in [2.24, 2.45) is 0 Å². The largest absolute Gasteiger partial charge is 0.486 e. The first kappa shape index (κ1) is 15.1. The summed E-state index contributed by atoms with van der Waals surface area (Å²) in [4.78, 5) is 2.43. The second-order valence-corrected chi connectivity index (χ2v) is 6.89. The summed E-state index contributed by atoms with van der Waals surface area (Å²) in [7, 11) is 2.21. The van der Waals surface area contributed by atoms with Gasteiger partial charge in [-0.05, 0) is 67.0 Å². The van der Waals surface area contributed by atoms with Crippen LogP contribution in [0.2, 0.25) is 0 Å². The molecule has 2 aliphatic rings. The van der Waals surface area contributed by atoms with Crippen LogP contribution >= 0.6 is 15.9 Å². The summed E-state index contributed by atoms with van der Waals surface area (Å²) in [6, 6.07) is 5.47. The fraction of sp³-hybridized carbons (Fsp3) is 0.625. The summed E-state index contributed by atoms with van der Waals surface area (Å²) >= 11 is 3.58. The van der Waals surface area contributed by atoms with E-state index in [1.165, 1.54) is 24.9 Å². The average molecular weight is 355 g/mol. The van der Waals surface area contributed by atoms with Crippen LogP contribution < -0.4 is 14.8 Å². The van der Waals surface area contributed by atoms with E-state index < -0.39 is 0 Å². The zero-order chi connectivity index (χ0) is 14.8. The summed E-state index contributed by atoms with van der Waals surface area (Å²) in [6.07, 6.45) is 2.43. The first-order chi connectivity index (χ1) is 10.1. The molecule has 1 fully saturated rings. The standard InChI is InChI=1S/C16H23BrN2O2/c1-11-7-13(3-4-19(11)2)18-10-12-8-14(17)16-15(9-12)20-5-6-21-16/h8-9,11,13,18H,3-7,10H2,1-2H3. The maximum absolute atomic E-state index is 5.68. The van der Waals surface area contributed by atoms with E-state index in [-0.39, 0.29) is 0 Å². The van der Waals surface area contributed by atoms with Gasteiger partial charge in [-0.3, -0.25) is 0 Å². The van der Waals surface area contributed by atoms with Crippen molar-refractivity contribution in [3.63, 3.8) is 0 Å². The summed E-state index contributed by atoms with van der Waals surface area (Å²) in [5, 5.41) is 3.68. The van der Waals surface area contributed by atoms with Crippen molar-refractivity contribution in [3.05, 3.63) is 22.2 Å². The molecule has 4 nitrogen and oxygen atoms in total. The SMILES string of the molecule is CC1CC(NCc2cc(Br)c3c(c2)OCCO3)CCN1C. The van der Waals surface area contributed by atoms with Gasteiger partial charge >= 0.3 is 0 Å². The van der Waals surface area contributed by atoms with Crippen LogP contribution in [0.1, 0.15) is 25.3 Å². The first-order valence-electron chi connectivity index (χ1n) is 7.65. The van der Waals surface area contributed by atoms with Gasteiger partial charge in [-0.1, -0.05) is 0 Å². The van der Waals surface area contributed by atoms with E-state index >= 15 is 0 Å². The van der Waals surface area contributed by atoms with Gasteiger partial charge in [0.05, 0.1) is 4.47 Å². The van der Waals surface area contributed by atoms with Gasteiger partial charge < -0.3 is 19.7 Å². The summed E-state index contributed by atoms with van der Waals surface area (Å²) in [6.45, 7) is 5.59. The highest BCUT2D eigenvalue weighted by Crippen LogP contribution is 2.38. The molecule has 1 saturated heterocycles. The lowest BCUT2D eigenvalue weighted by Gasteiger charge is -2.35. The third-order valence-corrected chi connectivity index (χ3v) is 5.05. The van der Waals surface area contributed by atoms with Gasteiger partial charge in [-0.2, -0.15) is 0 Å². The molecule has 2 aliphatic heterocycles. The number of nitrogens with one attached hydrogen (secondary N) is 1. The van der Waals surface area contributed by atoms with Gasteiger partial charge in [0.2, 0.25) is 0 Å². The molecule has 116 valence electrons. The highest BCUT2D eigenvalue weighted by Gasteiger charge is 2.22. The number of hydrogen-bond donors (Lipinski definition) is 1. The number of benzene rings is 1. The van der Waals surface area contributed by atoms with Gasteiger partial charge in [0.1, 0.15) is 13.2 Å². The molecule has 0 spiro atoms. The molecule has 3 rings (SSSR count). The molecule has 0 amide bonds. The van der Waals surface area contributed by atoms with Crippen LogP contribution in [0.25, 0.3) is 0 Å². The Balaban J connectivity index is 1.62. The van der Waals surface area contributed by atoms with Crippen LogP contribution in [0.4, 0.5) is 0 Å². The van der Waals surface area contributed by atoms with Crippen molar-refractivity contribution in [2.75, 3.05) is 26.8 Å². The summed E-state index contributed by atoms with van der Waals surface area (Å²) in [5.74, 6) is 1.68. The Labute approximate surface area is 134 Å². The molecule has 0 bridgehead atoms. The van der Waals surface area contributed by atoms with Crippen LogP contribution in [-0.4, -0.2) is 43.8 Å².